The van der Waals surface area contributed by atoms with Gasteiger partial charge < -0.3 is 10.6 Å². The number of carbonyl (C=O) groups excluding carboxylic acids is 1. The Morgan fingerprint density at radius 3 is 2.60 bits per heavy atom. The van der Waals surface area contributed by atoms with Crippen LogP contribution in [0.5, 0.6) is 0 Å². The molecule has 1 aliphatic rings. The van der Waals surface area contributed by atoms with Crippen LogP contribution in [0.3, 0.4) is 0 Å². The van der Waals surface area contributed by atoms with Crippen molar-refractivity contribution in [2.75, 3.05) is 6.54 Å². The van der Waals surface area contributed by atoms with E-state index in [0.29, 0.717) is 12.2 Å². The van der Waals surface area contributed by atoms with E-state index in [-0.39, 0.29) is 41.7 Å². The first-order valence-electron chi connectivity index (χ1n) is 8.30. The number of piperidine rings is 1. The molecule has 1 fully saturated rings. The second-order valence-electron chi connectivity index (χ2n) is 6.22. The molecule has 2 atom stereocenters. The number of hydrogen-bond donors (Lipinski definition) is 1. The summed E-state index contributed by atoms with van der Waals surface area (Å²) >= 11 is 0. The van der Waals surface area contributed by atoms with E-state index in [2.05, 4.69) is 5.10 Å². The third kappa shape index (κ3) is 4.08. The van der Waals surface area contributed by atoms with Gasteiger partial charge in [0, 0.05) is 24.7 Å². The Morgan fingerprint density at radius 2 is 1.92 bits per heavy atom. The average molecular weight is 363 g/mol. The van der Waals surface area contributed by atoms with Gasteiger partial charge in [-0.2, -0.15) is 9.78 Å². The lowest BCUT2D eigenvalue weighted by Crippen LogP contribution is -2.52. The van der Waals surface area contributed by atoms with Crippen molar-refractivity contribution >= 4 is 18.3 Å². The molecular formula is C18H23ClN4O2. The molecule has 25 heavy (non-hydrogen) atoms. The van der Waals surface area contributed by atoms with Crippen LogP contribution in [0.4, 0.5) is 0 Å². The second-order valence-corrected chi connectivity index (χ2v) is 6.22. The fraction of sp³-hybridized carbons (Fsp3) is 0.389. The maximum absolute atomic E-state index is 12.9. The molecule has 2 unspecified atom stereocenters. The van der Waals surface area contributed by atoms with E-state index in [9.17, 15) is 9.59 Å². The smallest absolute Gasteiger partial charge is 0.274 e. The first kappa shape index (κ1) is 19.1. The van der Waals surface area contributed by atoms with Crippen LogP contribution in [-0.2, 0) is 0 Å². The van der Waals surface area contributed by atoms with E-state index >= 15 is 0 Å². The lowest BCUT2D eigenvalue weighted by atomic mass is 9.96. The number of hydrogen-bond acceptors (Lipinski definition) is 4. The molecule has 2 heterocycles. The van der Waals surface area contributed by atoms with Crippen molar-refractivity contribution in [1.29, 1.82) is 0 Å². The van der Waals surface area contributed by atoms with Gasteiger partial charge in [-0.05, 0) is 44.4 Å². The number of nitrogens with two attached hydrogens (primary N) is 1. The molecule has 0 aliphatic carbocycles. The molecular weight excluding hydrogens is 340 g/mol. The monoisotopic (exact) mass is 362 g/mol. The molecule has 2 aromatic rings. The summed E-state index contributed by atoms with van der Waals surface area (Å²) < 4.78 is 1.26. The van der Waals surface area contributed by atoms with Gasteiger partial charge in [0.15, 0.2) is 0 Å². The highest BCUT2D eigenvalue weighted by Crippen LogP contribution is 2.20. The largest absolute Gasteiger partial charge is 0.333 e. The Morgan fingerprint density at radius 1 is 1.20 bits per heavy atom. The van der Waals surface area contributed by atoms with E-state index in [1.807, 2.05) is 25.1 Å². The molecule has 1 aromatic carbocycles. The molecule has 1 saturated heterocycles. The number of benzene rings is 1. The van der Waals surface area contributed by atoms with Crippen LogP contribution >= 0.6 is 12.4 Å². The minimum absolute atomic E-state index is 0. The lowest BCUT2D eigenvalue weighted by Gasteiger charge is -2.37. The predicted octanol–water partition coefficient (Wildman–Crippen LogP) is 2.00. The van der Waals surface area contributed by atoms with Crippen molar-refractivity contribution < 1.29 is 4.79 Å². The molecule has 0 bridgehead atoms. The Labute approximate surface area is 153 Å². The summed E-state index contributed by atoms with van der Waals surface area (Å²) in [6, 6.07) is 11.9. The molecule has 3 rings (SSSR count). The van der Waals surface area contributed by atoms with Gasteiger partial charge in [0.1, 0.15) is 5.69 Å². The highest BCUT2D eigenvalue weighted by Gasteiger charge is 2.30. The number of aromatic nitrogens is 2. The topological polar surface area (TPSA) is 81.2 Å². The van der Waals surface area contributed by atoms with E-state index in [4.69, 9.17) is 5.73 Å². The number of halogens is 1. The molecule has 1 aliphatic heterocycles. The quantitative estimate of drug-likeness (QED) is 0.905. The summed E-state index contributed by atoms with van der Waals surface area (Å²) in [4.78, 5) is 26.8. The van der Waals surface area contributed by atoms with Gasteiger partial charge in [-0.25, -0.2) is 0 Å². The van der Waals surface area contributed by atoms with Crippen molar-refractivity contribution in [1.82, 2.24) is 14.7 Å². The van der Waals surface area contributed by atoms with Crippen LogP contribution in [0.1, 0.15) is 36.7 Å². The zero-order valence-corrected chi connectivity index (χ0v) is 15.0. The molecule has 2 N–H and O–H groups in total. The van der Waals surface area contributed by atoms with E-state index in [0.717, 1.165) is 19.3 Å². The van der Waals surface area contributed by atoms with Crippen molar-refractivity contribution in [2.24, 2.45) is 5.73 Å². The van der Waals surface area contributed by atoms with Crippen LogP contribution in [0.2, 0.25) is 0 Å². The zero-order valence-electron chi connectivity index (χ0n) is 14.2. The second kappa shape index (κ2) is 8.27. The van der Waals surface area contributed by atoms with Crippen LogP contribution < -0.4 is 11.3 Å². The standard InChI is InChI=1S/C18H22N4O2.ClH/c1-13(19)16-9-5-6-12-21(16)18(24)15-10-11-17(23)22(20-15)14-7-3-2-4-8-14;/h2-4,7-8,10-11,13,16H,5-6,9,12,19H2,1H3;1H. The molecule has 1 amide bonds. The molecule has 1 aromatic heterocycles. The number of amides is 1. The number of carbonyl (C=O) groups is 1. The number of nitrogens with zero attached hydrogens (tertiary/aromatic N) is 3. The Hall–Kier alpha value is -2.18. The average Bonchev–Trinajstić information content (AvgIpc) is 2.62. The van der Waals surface area contributed by atoms with Crippen LogP contribution in [-0.4, -0.2) is 39.2 Å². The molecule has 0 saturated carbocycles. The molecule has 7 heteroatoms. The van der Waals surface area contributed by atoms with E-state index in [1.165, 1.54) is 16.8 Å². The van der Waals surface area contributed by atoms with Crippen molar-refractivity contribution in [3.63, 3.8) is 0 Å². The first-order valence-corrected chi connectivity index (χ1v) is 8.30. The number of para-hydroxylation sites is 1. The number of rotatable bonds is 3. The van der Waals surface area contributed by atoms with Gasteiger partial charge in [-0.1, -0.05) is 18.2 Å². The van der Waals surface area contributed by atoms with Gasteiger partial charge >= 0.3 is 0 Å². The maximum atomic E-state index is 12.9. The third-order valence-corrected chi connectivity index (χ3v) is 4.44. The predicted molar refractivity (Wildman–Crippen MR) is 99.4 cm³/mol. The molecule has 6 nitrogen and oxygen atoms in total. The summed E-state index contributed by atoms with van der Waals surface area (Å²) in [6.45, 7) is 2.60. The fourth-order valence-electron chi connectivity index (χ4n) is 3.18. The Balaban J connectivity index is 0.00000225. The third-order valence-electron chi connectivity index (χ3n) is 4.44. The van der Waals surface area contributed by atoms with Crippen molar-refractivity contribution in [3.05, 3.63) is 58.5 Å². The summed E-state index contributed by atoms with van der Waals surface area (Å²) in [5.74, 6) is -0.165. The Kier molecular flexibility index (Phi) is 6.33. The molecule has 0 spiro atoms. The first-order chi connectivity index (χ1) is 11.6. The highest BCUT2D eigenvalue weighted by atomic mass is 35.5. The van der Waals surface area contributed by atoms with Crippen molar-refractivity contribution in [3.8, 4) is 5.69 Å². The van der Waals surface area contributed by atoms with Crippen LogP contribution in [0, 0.1) is 0 Å². The summed E-state index contributed by atoms with van der Waals surface area (Å²) in [5, 5.41) is 4.28. The fourth-order valence-corrected chi connectivity index (χ4v) is 3.18. The normalized spacial score (nSPS) is 18.3. The zero-order chi connectivity index (χ0) is 17.1. The van der Waals surface area contributed by atoms with Gasteiger partial charge in [0.2, 0.25) is 0 Å². The van der Waals surface area contributed by atoms with Crippen molar-refractivity contribution in [2.45, 2.75) is 38.3 Å². The summed E-state index contributed by atoms with van der Waals surface area (Å²) in [7, 11) is 0. The maximum Gasteiger partial charge on any atom is 0.274 e. The van der Waals surface area contributed by atoms with Crippen LogP contribution in [0.15, 0.2) is 47.3 Å². The van der Waals surface area contributed by atoms with E-state index < -0.39 is 0 Å². The van der Waals surface area contributed by atoms with Gasteiger partial charge in [-0.3, -0.25) is 9.59 Å². The summed E-state index contributed by atoms with van der Waals surface area (Å²) in [5.41, 5.74) is 6.69. The highest BCUT2D eigenvalue weighted by molar-refractivity contribution is 5.92. The lowest BCUT2D eigenvalue weighted by molar-refractivity contribution is 0.0575. The molecule has 134 valence electrons. The van der Waals surface area contributed by atoms with Crippen LogP contribution in [0.25, 0.3) is 5.69 Å². The Bertz CT molecular complexity index is 776. The SMILES string of the molecule is CC(N)C1CCCCN1C(=O)c1ccc(=O)n(-c2ccccc2)n1.Cl. The molecule has 0 radical (unpaired) electrons. The minimum atomic E-state index is -0.264. The summed E-state index contributed by atoms with van der Waals surface area (Å²) in [6.07, 6.45) is 2.95. The van der Waals surface area contributed by atoms with Gasteiger partial charge in [0.05, 0.1) is 5.69 Å². The minimum Gasteiger partial charge on any atom is -0.333 e. The van der Waals surface area contributed by atoms with E-state index in [1.54, 1.807) is 17.0 Å². The van der Waals surface area contributed by atoms with Gasteiger partial charge in [0.25, 0.3) is 11.5 Å². The van der Waals surface area contributed by atoms with Gasteiger partial charge in [-0.15, -0.1) is 12.4 Å². The number of likely N-dealkylation sites (tertiary alicyclic amines) is 1.